The van der Waals surface area contributed by atoms with Crippen molar-refractivity contribution in [1.82, 2.24) is 24.9 Å². The van der Waals surface area contributed by atoms with Crippen LogP contribution in [0, 0.1) is 12.7 Å². The number of aromatic nitrogens is 4. The van der Waals surface area contributed by atoms with Gasteiger partial charge in [0, 0.05) is 18.4 Å². The van der Waals surface area contributed by atoms with Crippen molar-refractivity contribution < 1.29 is 9.18 Å². The van der Waals surface area contributed by atoms with Gasteiger partial charge in [0.05, 0.1) is 0 Å². The highest BCUT2D eigenvalue weighted by Crippen LogP contribution is 2.06. The molecule has 6 nitrogen and oxygen atoms in total. The lowest BCUT2D eigenvalue weighted by Gasteiger charge is -2.03. The highest BCUT2D eigenvalue weighted by molar-refractivity contribution is 5.90. The number of amides is 1. The third kappa shape index (κ3) is 2.78. The number of fused-ring (bicyclic) bond motifs is 1. The Balaban J connectivity index is 1.66. The Morgan fingerprint density at radius 3 is 2.91 bits per heavy atom. The zero-order chi connectivity index (χ0) is 15.5. The molecule has 2 aromatic heterocycles. The minimum Gasteiger partial charge on any atom is -0.349 e. The maximum atomic E-state index is 13.5. The van der Waals surface area contributed by atoms with E-state index in [9.17, 15) is 9.18 Å². The molecule has 7 heteroatoms. The van der Waals surface area contributed by atoms with E-state index in [0.29, 0.717) is 24.3 Å². The Hall–Kier alpha value is -2.83. The number of carbonyl (C=O) groups is 1. The fourth-order valence-corrected chi connectivity index (χ4v) is 2.09. The van der Waals surface area contributed by atoms with Crippen LogP contribution in [-0.4, -0.2) is 32.0 Å². The lowest BCUT2D eigenvalue weighted by atomic mass is 10.1. The summed E-state index contributed by atoms with van der Waals surface area (Å²) in [5.74, 6) is -0.252. The summed E-state index contributed by atoms with van der Waals surface area (Å²) in [5, 5.41) is 6.80. The van der Waals surface area contributed by atoms with E-state index in [0.717, 1.165) is 5.69 Å². The van der Waals surface area contributed by atoms with Crippen LogP contribution in [0.15, 0.2) is 36.5 Å². The van der Waals surface area contributed by atoms with Gasteiger partial charge in [-0.05, 0) is 31.0 Å². The van der Waals surface area contributed by atoms with E-state index in [4.69, 9.17) is 0 Å². The molecular formula is C15H14FN5O. The molecule has 3 rings (SSSR count). The van der Waals surface area contributed by atoms with Crippen LogP contribution in [0.25, 0.3) is 5.78 Å². The predicted molar refractivity (Wildman–Crippen MR) is 78.0 cm³/mol. The molecule has 0 saturated heterocycles. The number of carbonyl (C=O) groups excluding carboxylic acids is 1. The molecule has 0 fully saturated rings. The average molecular weight is 299 g/mol. The number of aryl methyl sites for hydroxylation is 1. The number of rotatable bonds is 4. The summed E-state index contributed by atoms with van der Waals surface area (Å²) in [6.07, 6.45) is 2.02. The molecule has 0 bridgehead atoms. The van der Waals surface area contributed by atoms with Crippen molar-refractivity contribution in [1.29, 1.82) is 0 Å². The fourth-order valence-electron chi connectivity index (χ4n) is 2.09. The number of nitrogens with zero attached hydrogens (tertiary/aromatic N) is 4. The van der Waals surface area contributed by atoms with Gasteiger partial charge >= 0.3 is 0 Å². The second kappa shape index (κ2) is 5.88. The molecule has 0 saturated carbocycles. The Labute approximate surface area is 126 Å². The monoisotopic (exact) mass is 299 g/mol. The van der Waals surface area contributed by atoms with Gasteiger partial charge in [-0.3, -0.25) is 4.79 Å². The van der Waals surface area contributed by atoms with Gasteiger partial charge in [-0.2, -0.15) is 4.98 Å². The molecule has 112 valence electrons. The first-order valence-corrected chi connectivity index (χ1v) is 6.85. The van der Waals surface area contributed by atoms with Crippen LogP contribution in [0.2, 0.25) is 0 Å². The van der Waals surface area contributed by atoms with Gasteiger partial charge in [-0.1, -0.05) is 18.2 Å². The van der Waals surface area contributed by atoms with Crippen molar-refractivity contribution in [2.75, 3.05) is 6.54 Å². The number of halogens is 1. The maximum Gasteiger partial charge on any atom is 0.291 e. The van der Waals surface area contributed by atoms with E-state index in [1.165, 1.54) is 10.6 Å². The molecule has 2 heterocycles. The molecule has 1 amide bonds. The third-order valence-electron chi connectivity index (χ3n) is 3.27. The van der Waals surface area contributed by atoms with Crippen molar-refractivity contribution in [3.63, 3.8) is 0 Å². The summed E-state index contributed by atoms with van der Waals surface area (Å²) in [7, 11) is 0. The molecule has 0 radical (unpaired) electrons. The molecule has 3 aromatic rings. The summed E-state index contributed by atoms with van der Waals surface area (Å²) in [6, 6.07) is 8.26. The highest BCUT2D eigenvalue weighted by Gasteiger charge is 2.14. The first kappa shape index (κ1) is 14.1. The first-order chi connectivity index (χ1) is 10.6. The molecule has 0 aliphatic rings. The van der Waals surface area contributed by atoms with Gasteiger partial charge in [0.15, 0.2) is 0 Å². The van der Waals surface area contributed by atoms with Gasteiger partial charge in [-0.25, -0.2) is 13.9 Å². The number of benzene rings is 1. The lowest BCUT2D eigenvalue weighted by molar-refractivity contribution is 0.0944. The van der Waals surface area contributed by atoms with Crippen LogP contribution in [0.4, 0.5) is 4.39 Å². The first-order valence-electron chi connectivity index (χ1n) is 6.85. The second-order valence-corrected chi connectivity index (χ2v) is 4.83. The Morgan fingerprint density at radius 2 is 2.14 bits per heavy atom. The summed E-state index contributed by atoms with van der Waals surface area (Å²) in [5.41, 5.74) is 1.39. The summed E-state index contributed by atoms with van der Waals surface area (Å²) in [4.78, 5) is 20.1. The number of hydrogen-bond donors (Lipinski definition) is 1. The molecule has 1 N–H and O–H groups in total. The van der Waals surface area contributed by atoms with Crippen molar-refractivity contribution in [2.45, 2.75) is 13.3 Å². The van der Waals surface area contributed by atoms with Crippen LogP contribution >= 0.6 is 0 Å². The lowest BCUT2D eigenvalue weighted by Crippen LogP contribution is -2.27. The third-order valence-corrected chi connectivity index (χ3v) is 3.27. The molecular weight excluding hydrogens is 285 g/mol. The SMILES string of the molecule is Cc1ccnc2nc(C(=O)NCCc3ccccc3F)nn12. The molecule has 22 heavy (non-hydrogen) atoms. The zero-order valence-corrected chi connectivity index (χ0v) is 12.0. The quantitative estimate of drug-likeness (QED) is 0.793. The van der Waals surface area contributed by atoms with Gasteiger partial charge < -0.3 is 5.32 Å². The molecule has 0 aliphatic heterocycles. The van der Waals surface area contributed by atoms with E-state index >= 15 is 0 Å². The van der Waals surface area contributed by atoms with Gasteiger partial charge in [-0.15, -0.1) is 5.10 Å². The van der Waals surface area contributed by atoms with Crippen molar-refractivity contribution >= 4 is 11.7 Å². The average Bonchev–Trinajstić information content (AvgIpc) is 2.95. The van der Waals surface area contributed by atoms with Crippen LogP contribution in [0.5, 0.6) is 0 Å². The van der Waals surface area contributed by atoms with E-state index in [2.05, 4.69) is 20.4 Å². The van der Waals surface area contributed by atoms with E-state index in [1.54, 1.807) is 30.5 Å². The molecule has 0 spiro atoms. The largest absolute Gasteiger partial charge is 0.349 e. The number of hydrogen-bond acceptors (Lipinski definition) is 4. The van der Waals surface area contributed by atoms with Crippen LogP contribution in [0.1, 0.15) is 21.9 Å². The zero-order valence-electron chi connectivity index (χ0n) is 12.0. The normalized spacial score (nSPS) is 10.8. The Morgan fingerprint density at radius 1 is 1.32 bits per heavy atom. The minimum atomic E-state index is -0.402. The second-order valence-electron chi connectivity index (χ2n) is 4.83. The van der Waals surface area contributed by atoms with Gasteiger partial charge in [0.25, 0.3) is 11.7 Å². The topological polar surface area (TPSA) is 72.2 Å². The summed E-state index contributed by atoms with van der Waals surface area (Å²) in [6.45, 7) is 2.16. The summed E-state index contributed by atoms with van der Waals surface area (Å²) >= 11 is 0. The summed E-state index contributed by atoms with van der Waals surface area (Å²) < 4.78 is 15.0. The van der Waals surface area contributed by atoms with Crippen LogP contribution in [0.3, 0.4) is 0 Å². The van der Waals surface area contributed by atoms with Crippen molar-refractivity contribution in [3.05, 3.63) is 59.4 Å². The van der Waals surface area contributed by atoms with Crippen molar-refractivity contribution in [2.24, 2.45) is 0 Å². The van der Waals surface area contributed by atoms with E-state index in [-0.39, 0.29) is 11.6 Å². The molecule has 0 unspecified atom stereocenters. The van der Waals surface area contributed by atoms with Crippen LogP contribution < -0.4 is 5.32 Å². The smallest absolute Gasteiger partial charge is 0.291 e. The molecule has 0 atom stereocenters. The van der Waals surface area contributed by atoms with Crippen LogP contribution in [-0.2, 0) is 6.42 Å². The van der Waals surface area contributed by atoms with Crippen molar-refractivity contribution in [3.8, 4) is 0 Å². The Bertz CT molecular complexity index is 830. The van der Waals surface area contributed by atoms with Gasteiger partial charge in [0.2, 0.25) is 5.82 Å². The van der Waals surface area contributed by atoms with Gasteiger partial charge in [0.1, 0.15) is 5.82 Å². The standard InChI is InChI=1S/C15H14FN5O/c1-10-6-8-18-15-19-13(20-21(10)15)14(22)17-9-7-11-4-2-3-5-12(11)16/h2-6,8H,7,9H2,1H3,(H,17,22). The molecule has 1 aromatic carbocycles. The maximum absolute atomic E-state index is 13.5. The number of nitrogens with one attached hydrogen (secondary N) is 1. The molecule has 0 aliphatic carbocycles. The van der Waals surface area contributed by atoms with E-state index in [1.807, 2.05) is 6.92 Å². The van der Waals surface area contributed by atoms with E-state index < -0.39 is 5.91 Å². The highest BCUT2D eigenvalue weighted by atomic mass is 19.1. The fraction of sp³-hybridized carbons (Fsp3) is 0.200. The predicted octanol–water partition coefficient (Wildman–Crippen LogP) is 1.54. The Kier molecular flexibility index (Phi) is 3.78. The minimum absolute atomic E-state index is 0.0512.